The van der Waals surface area contributed by atoms with E-state index >= 15 is 0 Å². The molecule has 0 aliphatic carbocycles. The lowest BCUT2D eigenvalue weighted by atomic mass is 10.1. The highest BCUT2D eigenvalue weighted by Gasteiger charge is 2.06. The summed E-state index contributed by atoms with van der Waals surface area (Å²) < 4.78 is 5.89. The molecule has 0 bridgehead atoms. The van der Waals surface area contributed by atoms with Gasteiger partial charge in [0.15, 0.2) is 5.96 Å². The average molecular weight is 354 g/mol. The third-order valence-corrected chi connectivity index (χ3v) is 4.13. The first-order chi connectivity index (χ1) is 12.5. The zero-order valence-corrected chi connectivity index (χ0v) is 16.5. The number of ether oxygens (including phenoxy) is 1. The van der Waals surface area contributed by atoms with E-state index in [4.69, 9.17) is 4.74 Å². The molecule has 0 fully saturated rings. The number of hydrogen-bond donors (Lipinski definition) is 1. The van der Waals surface area contributed by atoms with E-state index in [2.05, 4.69) is 58.3 Å². The highest BCUT2D eigenvalue weighted by molar-refractivity contribution is 5.79. The number of hydrogen-bond acceptors (Lipinski definition) is 3. The maximum absolute atomic E-state index is 5.89. The number of benzene rings is 1. The molecule has 5 nitrogen and oxygen atoms in total. The molecule has 0 aliphatic heterocycles. The Labute approximate surface area is 157 Å². The van der Waals surface area contributed by atoms with E-state index in [-0.39, 0.29) is 0 Å². The Morgan fingerprint density at radius 1 is 1.15 bits per heavy atom. The average Bonchev–Trinajstić information content (AvgIpc) is 2.59. The Bertz CT molecular complexity index is 705. The van der Waals surface area contributed by atoms with Gasteiger partial charge in [-0.25, -0.2) is 0 Å². The predicted octanol–water partition coefficient (Wildman–Crippen LogP) is 3.14. The predicted molar refractivity (Wildman–Crippen MR) is 108 cm³/mol. The van der Waals surface area contributed by atoms with Gasteiger partial charge >= 0.3 is 0 Å². The Morgan fingerprint density at radius 2 is 1.88 bits per heavy atom. The van der Waals surface area contributed by atoms with Gasteiger partial charge in [-0.15, -0.1) is 0 Å². The quantitative estimate of drug-likeness (QED) is 0.613. The van der Waals surface area contributed by atoms with Crippen LogP contribution in [-0.2, 0) is 6.42 Å². The SMILES string of the molecule is CN=C(NCCc1ccc(C)nc1)N(C)CCOc1cc(C)cc(C)c1. The minimum absolute atomic E-state index is 0.613. The van der Waals surface area contributed by atoms with Crippen molar-refractivity contribution in [3.8, 4) is 5.75 Å². The van der Waals surface area contributed by atoms with Crippen LogP contribution < -0.4 is 10.1 Å². The molecule has 0 radical (unpaired) electrons. The Kier molecular flexibility index (Phi) is 7.45. The van der Waals surface area contributed by atoms with Crippen LogP contribution in [0.15, 0.2) is 41.5 Å². The van der Waals surface area contributed by atoms with E-state index in [0.29, 0.717) is 6.61 Å². The van der Waals surface area contributed by atoms with E-state index < -0.39 is 0 Å². The molecule has 0 saturated heterocycles. The smallest absolute Gasteiger partial charge is 0.193 e. The van der Waals surface area contributed by atoms with E-state index in [1.165, 1.54) is 16.7 Å². The fourth-order valence-electron chi connectivity index (χ4n) is 2.77. The number of nitrogens with zero attached hydrogens (tertiary/aromatic N) is 3. The molecule has 0 spiro atoms. The molecule has 2 aromatic rings. The number of aryl methyl sites for hydroxylation is 3. The summed E-state index contributed by atoms with van der Waals surface area (Å²) in [4.78, 5) is 10.8. The first-order valence-electron chi connectivity index (χ1n) is 9.02. The van der Waals surface area contributed by atoms with Crippen LogP contribution in [0.3, 0.4) is 0 Å². The van der Waals surface area contributed by atoms with Gasteiger partial charge in [-0.3, -0.25) is 9.98 Å². The van der Waals surface area contributed by atoms with E-state index in [1.807, 2.05) is 26.2 Å². The van der Waals surface area contributed by atoms with Crippen molar-refractivity contribution < 1.29 is 4.74 Å². The zero-order chi connectivity index (χ0) is 18.9. The molecule has 1 aromatic carbocycles. The number of rotatable bonds is 7. The van der Waals surface area contributed by atoms with E-state index in [0.717, 1.165) is 36.9 Å². The number of guanidine groups is 1. The molecule has 5 heteroatoms. The van der Waals surface area contributed by atoms with Crippen LogP contribution in [0.5, 0.6) is 5.75 Å². The zero-order valence-electron chi connectivity index (χ0n) is 16.5. The molecule has 0 atom stereocenters. The van der Waals surface area contributed by atoms with Crippen molar-refractivity contribution in [2.75, 3.05) is 33.8 Å². The van der Waals surface area contributed by atoms with Crippen molar-refractivity contribution in [2.45, 2.75) is 27.2 Å². The normalized spacial score (nSPS) is 11.3. The molecule has 0 aliphatic rings. The number of pyridine rings is 1. The lowest BCUT2D eigenvalue weighted by molar-refractivity contribution is 0.281. The molecule has 1 aromatic heterocycles. The summed E-state index contributed by atoms with van der Waals surface area (Å²) in [5.74, 6) is 1.79. The molecule has 26 heavy (non-hydrogen) atoms. The van der Waals surface area contributed by atoms with Crippen molar-refractivity contribution in [3.63, 3.8) is 0 Å². The molecule has 0 unspecified atom stereocenters. The molecule has 2 rings (SSSR count). The van der Waals surface area contributed by atoms with Gasteiger partial charge in [-0.2, -0.15) is 0 Å². The fraction of sp³-hybridized carbons (Fsp3) is 0.429. The number of aliphatic imine (C=N–C) groups is 1. The van der Waals surface area contributed by atoms with Crippen molar-refractivity contribution in [1.82, 2.24) is 15.2 Å². The third-order valence-electron chi connectivity index (χ3n) is 4.13. The summed E-state index contributed by atoms with van der Waals surface area (Å²) in [6.07, 6.45) is 2.85. The number of aromatic nitrogens is 1. The van der Waals surface area contributed by atoms with Crippen molar-refractivity contribution in [1.29, 1.82) is 0 Å². The first kappa shape index (κ1) is 19.8. The molecular formula is C21H30N4O. The molecule has 0 amide bonds. The highest BCUT2D eigenvalue weighted by Crippen LogP contribution is 2.16. The third kappa shape index (κ3) is 6.39. The number of likely N-dealkylation sites (N-methyl/N-ethyl adjacent to an activating group) is 1. The van der Waals surface area contributed by atoms with Gasteiger partial charge in [0.2, 0.25) is 0 Å². The maximum Gasteiger partial charge on any atom is 0.193 e. The lowest BCUT2D eigenvalue weighted by Crippen LogP contribution is -2.41. The van der Waals surface area contributed by atoms with Crippen molar-refractivity contribution in [3.05, 3.63) is 58.9 Å². The fourth-order valence-corrected chi connectivity index (χ4v) is 2.77. The van der Waals surface area contributed by atoms with Crippen LogP contribution in [0.4, 0.5) is 0 Å². The first-order valence-corrected chi connectivity index (χ1v) is 9.02. The molecule has 0 saturated carbocycles. The van der Waals surface area contributed by atoms with Crippen LogP contribution in [0, 0.1) is 20.8 Å². The summed E-state index contributed by atoms with van der Waals surface area (Å²) in [6, 6.07) is 10.4. The van der Waals surface area contributed by atoms with Crippen molar-refractivity contribution >= 4 is 5.96 Å². The maximum atomic E-state index is 5.89. The summed E-state index contributed by atoms with van der Waals surface area (Å²) in [5.41, 5.74) is 4.70. The second-order valence-corrected chi connectivity index (χ2v) is 6.63. The van der Waals surface area contributed by atoms with Gasteiger partial charge in [0.1, 0.15) is 12.4 Å². The van der Waals surface area contributed by atoms with Gasteiger partial charge in [-0.1, -0.05) is 12.1 Å². The van der Waals surface area contributed by atoms with Gasteiger partial charge < -0.3 is 15.0 Å². The van der Waals surface area contributed by atoms with Crippen molar-refractivity contribution in [2.24, 2.45) is 4.99 Å². The summed E-state index contributed by atoms with van der Waals surface area (Å²) in [5, 5.41) is 3.39. The minimum atomic E-state index is 0.613. The largest absolute Gasteiger partial charge is 0.492 e. The van der Waals surface area contributed by atoms with E-state index in [1.54, 1.807) is 7.05 Å². The van der Waals surface area contributed by atoms with Crippen LogP contribution in [-0.4, -0.2) is 49.6 Å². The second kappa shape index (κ2) is 9.80. The monoisotopic (exact) mass is 354 g/mol. The Balaban J connectivity index is 1.75. The van der Waals surface area contributed by atoms with Gasteiger partial charge in [0, 0.05) is 32.5 Å². The lowest BCUT2D eigenvalue weighted by Gasteiger charge is -2.22. The van der Waals surface area contributed by atoms with Crippen LogP contribution in [0.2, 0.25) is 0 Å². The van der Waals surface area contributed by atoms with E-state index in [9.17, 15) is 0 Å². The van der Waals surface area contributed by atoms with Crippen LogP contribution in [0.25, 0.3) is 0 Å². The van der Waals surface area contributed by atoms with Gasteiger partial charge in [0.05, 0.1) is 6.54 Å². The summed E-state index contributed by atoms with van der Waals surface area (Å²) in [6.45, 7) is 8.36. The Morgan fingerprint density at radius 3 is 2.50 bits per heavy atom. The molecular weight excluding hydrogens is 324 g/mol. The minimum Gasteiger partial charge on any atom is -0.492 e. The molecule has 140 valence electrons. The summed E-state index contributed by atoms with van der Waals surface area (Å²) in [7, 11) is 3.82. The van der Waals surface area contributed by atoms with Crippen LogP contribution >= 0.6 is 0 Å². The Hall–Kier alpha value is -2.56. The highest BCUT2D eigenvalue weighted by atomic mass is 16.5. The van der Waals surface area contributed by atoms with Gasteiger partial charge in [0.25, 0.3) is 0 Å². The standard InChI is InChI=1S/C21H30N4O/c1-16-12-17(2)14-20(13-16)26-11-10-25(5)21(22-4)23-9-8-19-7-6-18(3)24-15-19/h6-7,12-15H,8-11H2,1-5H3,(H,22,23). The second-order valence-electron chi connectivity index (χ2n) is 6.63. The summed E-state index contributed by atoms with van der Waals surface area (Å²) >= 11 is 0. The topological polar surface area (TPSA) is 49.8 Å². The van der Waals surface area contributed by atoms with Gasteiger partial charge in [-0.05, 0) is 62.1 Å². The molecule has 1 heterocycles. The molecule has 1 N–H and O–H groups in total. The number of nitrogens with one attached hydrogen (secondary N) is 1. The van der Waals surface area contributed by atoms with Crippen LogP contribution in [0.1, 0.15) is 22.4 Å².